The summed E-state index contributed by atoms with van der Waals surface area (Å²) in [5, 5.41) is 11.4. The van der Waals surface area contributed by atoms with Gasteiger partial charge in [-0.25, -0.2) is 4.39 Å². The Bertz CT molecular complexity index is 550. The number of hydrogen-bond donors (Lipinski definition) is 1. The number of nitrogens with zero attached hydrogens (tertiary/aromatic N) is 3. The number of aromatic nitrogens is 3. The van der Waals surface area contributed by atoms with Crippen LogP contribution in [0.3, 0.4) is 0 Å². The topological polar surface area (TPSA) is 42.7 Å². The van der Waals surface area contributed by atoms with Gasteiger partial charge in [-0.2, -0.15) is 0 Å². The summed E-state index contributed by atoms with van der Waals surface area (Å²) >= 11 is 0. The van der Waals surface area contributed by atoms with Crippen molar-refractivity contribution in [1.29, 1.82) is 0 Å². The number of halogens is 1. The highest BCUT2D eigenvalue weighted by atomic mass is 19.1. The van der Waals surface area contributed by atoms with Crippen LogP contribution in [0, 0.1) is 12.7 Å². The Kier molecular flexibility index (Phi) is 4.27. The van der Waals surface area contributed by atoms with E-state index in [1.807, 2.05) is 25.4 Å². The van der Waals surface area contributed by atoms with Gasteiger partial charge in [-0.15, -0.1) is 5.10 Å². The quantitative estimate of drug-likeness (QED) is 0.898. The van der Waals surface area contributed by atoms with Gasteiger partial charge in [-0.05, 0) is 30.7 Å². The van der Waals surface area contributed by atoms with Crippen molar-refractivity contribution >= 4 is 0 Å². The maximum Gasteiger partial charge on any atom is 0.126 e. The second-order valence-corrected chi connectivity index (χ2v) is 4.71. The van der Waals surface area contributed by atoms with Crippen molar-refractivity contribution in [3.63, 3.8) is 0 Å². The van der Waals surface area contributed by atoms with Crippen molar-refractivity contribution in [2.75, 3.05) is 6.54 Å². The van der Waals surface area contributed by atoms with Crippen LogP contribution in [0.1, 0.15) is 29.8 Å². The minimum atomic E-state index is -0.168. The van der Waals surface area contributed by atoms with Crippen LogP contribution in [0.25, 0.3) is 0 Å². The molecule has 0 saturated heterocycles. The van der Waals surface area contributed by atoms with Crippen LogP contribution in [0.4, 0.5) is 4.39 Å². The van der Waals surface area contributed by atoms with Crippen LogP contribution < -0.4 is 5.32 Å². The fourth-order valence-corrected chi connectivity index (χ4v) is 2.14. The van der Waals surface area contributed by atoms with Crippen LogP contribution in [0.15, 0.2) is 24.4 Å². The van der Waals surface area contributed by atoms with Gasteiger partial charge in [0.2, 0.25) is 0 Å². The second-order valence-electron chi connectivity index (χ2n) is 4.71. The minimum absolute atomic E-state index is 0.126. The molecule has 0 bridgehead atoms. The Hall–Kier alpha value is -1.75. The molecule has 102 valence electrons. The highest BCUT2D eigenvalue weighted by molar-refractivity contribution is 5.27. The van der Waals surface area contributed by atoms with Crippen molar-refractivity contribution < 1.29 is 4.39 Å². The Balaban J connectivity index is 2.21. The normalized spacial score (nSPS) is 12.6. The van der Waals surface area contributed by atoms with E-state index in [2.05, 4.69) is 22.6 Å². The van der Waals surface area contributed by atoms with Gasteiger partial charge in [0.25, 0.3) is 0 Å². The lowest BCUT2D eigenvalue weighted by Gasteiger charge is -2.17. The molecular weight excluding hydrogens is 243 g/mol. The van der Waals surface area contributed by atoms with Crippen LogP contribution in [0.2, 0.25) is 0 Å². The maximum absolute atomic E-state index is 13.3. The second kappa shape index (κ2) is 5.93. The Morgan fingerprint density at radius 3 is 2.79 bits per heavy atom. The molecule has 1 aromatic heterocycles. The van der Waals surface area contributed by atoms with Crippen LogP contribution in [0.5, 0.6) is 0 Å². The SMILES string of the molecule is CCNC(Cc1cn(C)nn1)c1ccc(F)c(C)c1. The summed E-state index contributed by atoms with van der Waals surface area (Å²) in [6, 6.07) is 5.36. The molecule has 2 rings (SSSR count). The summed E-state index contributed by atoms with van der Waals surface area (Å²) in [6.07, 6.45) is 2.65. The molecule has 0 radical (unpaired) electrons. The number of rotatable bonds is 5. The number of hydrogen-bond acceptors (Lipinski definition) is 3. The molecule has 0 fully saturated rings. The van der Waals surface area contributed by atoms with Gasteiger partial charge in [0.05, 0.1) is 5.69 Å². The third kappa shape index (κ3) is 3.38. The van der Waals surface area contributed by atoms with Gasteiger partial charge in [-0.3, -0.25) is 4.68 Å². The van der Waals surface area contributed by atoms with E-state index in [1.54, 1.807) is 11.6 Å². The van der Waals surface area contributed by atoms with Crippen LogP contribution in [-0.2, 0) is 13.5 Å². The molecule has 0 amide bonds. The summed E-state index contributed by atoms with van der Waals surface area (Å²) in [5.74, 6) is -0.168. The van der Waals surface area contributed by atoms with E-state index in [4.69, 9.17) is 0 Å². The smallest absolute Gasteiger partial charge is 0.126 e. The molecule has 5 heteroatoms. The monoisotopic (exact) mass is 262 g/mol. The van der Waals surface area contributed by atoms with E-state index in [1.165, 1.54) is 6.07 Å². The van der Waals surface area contributed by atoms with Crippen molar-refractivity contribution in [3.8, 4) is 0 Å². The van der Waals surface area contributed by atoms with E-state index in [0.29, 0.717) is 5.56 Å². The van der Waals surface area contributed by atoms with Crippen molar-refractivity contribution in [1.82, 2.24) is 20.3 Å². The Labute approximate surface area is 112 Å². The average molecular weight is 262 g/mol. The van der Waals surface area contributed by atoms with E-state index in [9.17, 15) is 4.39 Å². The largest absolute Gasteiger partial charge is 0.310 e. The molecule has 0 aliphatic heterocycles. The van der Waals surface area contributed by atoms with Gasteiger partial charge in [0.1, 0.15) is 5.82 Å². The van der Waals surface area contributed by atoms with E-state index in [0.717, 1.165) is 24.2 Å². The lowest BCUT2D eigenvalue weighted by molar-refractivity contribution is 0.540. The first-order valence-electron chi connectivity index (χ1n) is 6.44. The lowest BCUT2D eigenvalue weighted by Crippen LogP contribution is -2.23. The van der Waals surface area contributed by atoms with Crippen molar-refractivity contribution in [2.24, 2.45) is 7.05 Å². The van der Waals surface area contributed by atoms with Gasteiger partial charge in [0, 0.05) is 25.7 Å². The number of likely N-dealkylation sites (N-methyl/N-ethyl adjacent to an activating group) is 1. The first kappa shape index (κ1) is 13.7. The highest BCUT2D eigenvalue weighted by Crippen LogP contribution is 2.20. The third-order valence-corrected chi connectivity index (χ3v) is 3.10. The average Bonchev–Trinajstić information content (AvgIpc) is 2.78. The van der Waals surface area contributed by atoms with Crippen LogP contribution >= 0.6 is 0 Å². The van der Waals surface area contributed by atoms with Gasteiger partial charge in [0.15, 0.2) is 0 Å². The molecule has 1 N–H and O–H groups in total. The molecule has 0 spiro atoms. The number of benzene rings is 1. The molecule has 19 heavy (non-hydrogen) atoms. The molecule has 0 aliphatic carbocycles. The summed E-state index contributed by atoms with van der Waals surface area (Å²) in [6.45, 7) is 4.69. The molecule has 1 aromatic carbocycles. The molecule has 0 aliphatic rings. The Morgan fingerprint density at radius 2 is 2.21 bits per heavy atom. The molecule has 4 nitrogen and oxygen atoms in total. The third-order valence-electron chi connectivity index (χ3n) is 3.10. The molecule has 2 aromatic rings. The van der Waals surface area contributed by atoms with Crippen molar-refractivity contribution in [3.05, 3.63) is 47.0 Å². The van der Waals surface area contributed by atoms with Gasteiger partial charge >= 0.3 is 0 Å². The Morgan fingerprint density at radius 1 is 1.42 bits per heavy atom. The molecule has 1 unspecified atom stereocenters. The predicted molar refractivity (Wildman–Crippen MR) is 72.3 cm³/mol. The first-order valence-corrected chi connectivity index (χ1v) is 6.44. The van der Waals surface area contributed by atoms with Gasteiger partial charge < -0.3 is 5.32 Å². The lowest BCUT2D eigenvalue weighted by atomic mass is 10.00. The summed E-state index contributed by atoms with van der Waals surface area (Å²) in [4.78, 5) is 0. The van der Waals surface area contributed by atoms with E-state index >= 15 is 0 Å². The number of aryl methyl sites for hydroxylation is 2. The maximum atomic E-state index is 13.3. The zero-order chi connectivity index (χ0) is 13.8. The zero-order valence-electron chi connectivity index (χ0n) is 11.5. The molecule has 1 heterocycles. The summed E-state index contributed by atoms with van der Waals surface area (Å²) < 4.78 is 15.0. The van der Waals surface area contributed by atoms with E-state index in [-0.39, 0.29) is 11.9 Å². The predicted octanol–water partition coefficient (Wildman–Crippen LogP) is 2.16. The fraction of sp³-hybridized carbons (Fsp3) is 0.429. The van der Waals surface area contributed by atoms with Gasteiger partial charge in [-0.1, -0.05) is 24.3 Å². The van der Waals surface area contributed by atoms with E-state index < -0.39 is 0 Å². The zero-order valence-corrected chi connectivity index (χ0v) is 11.5. The summed E-state index contributed by atoms with van der Waals surface area (Å²) in [5.41, 5.74) is 2.67. The highest BCUT2D eigenvalue weighted by Gasteiger charge is 2.14. The molecule has 1 atom stereocenters. The first-order chi connectivity index (χ1) is 9.10. The molecule has 0 saturated carbocycles. The fourth-order valence-electron chi connectivity index (χ4n) is 2.14. The standard InChI is InChI=1S/C14H19FN4/c1-4-16-14(8-12-9-19(3)18-17-12)11-5-6-13(15)10(2)7-11/h5-7,9,14,16H,4,8H2,1-3H3. The van der Waals surface area contributed by atoms with Crippen LogP contribution in [-0.4, -0.2) is 21.5 Å². The molecular formula is C14H19FN4. The minimum Gasteiger partial charge on any atom is -0.310 e. The van der Waals surface area contributed by atoms with Crippen molar-refractivity contribution in [2.45, 2.75) is 26.3 Å². The number of nitrogens with one attached hydrogen (secondary N) is 1. The summed E-state index contributed by atoms with van der Waals surface area (Å²) in [7, 11) is 1.85.